The van der Waals surface area contributed by atoms with E-state index in [1.807, 2.05) is 6.92 Å². The molecular weight excluding hydrogens is 370 g/mol. The molecule has 0 bridgehead atoms. The number of aromatic hydroxyl groups is 1. The number of phenolic OH excluding ortho intramolecular Hbond substituents is 1. The first-order valence-electron chi connectivity index (χ1n) is 8.92. The fourth-order valence-electron chi connectivity index (χ4n) is 2.83. The average molecular weight is 393 g/mol. The summed E-state index contributed by atoms with van der Waals surface area (Å²) >= 11 is 0. The summed E-state index contributed by atoms with van der Waals surface area (Å²) in [7, 11) is 0. The van der Waals surface area contributed by atoms with Crippen molar-refractivity contribution in [3.8, 4) is 11.5 Å². The molecule has 0 aliphatic carbocycles. The molecule has 0 saturated carbocycles. The molecule has 10 heteroatoms. The van der Waals surface area contributed by atoms with Crippen LogP contribution in [-0.2, 0) is 14.4 Å². The second-order valence-corrected chi connectivity index (χ2v) is 6.41. The summed E-state index contributed by atoms with van der Waals surface area (Å²) in [6.45, 7) is 1.76. The lowest BCUT2D eigenvalue weighted by Gasteiger charge is -2.20. The van der Waals surface area contributed by atoms with Gasteiger partial charge in [0.1, 0.15) is 0 Å². The number of hydrogen-bond donors (Lipinski definition) is 4. The van der Waals surface area contributed by atoms with Crippen molar-refractivity contribution in [2.75, 3.05) is 6.54 Å². The topological polar surface area (TPSA) is 145 Å². The zero-order valence-corrected chi connectivity index (χ0v) is 15.4. The maximum Gasteiger partial charge on any atom is 0.287 e. The Kier molecular flexibility index (Phi) is 7.33. The van der Waals surface area contributed by atoms with Crippen LogP contribution in [0.15, 0.2) is 18.2 Å². The molecule has 0 saturated heterocycles. The summed E-state index contributed by atoms with van der Waals surface area (Å²) in [6, 6.07) is 4.19. The number of nitrogens with one attached hydrogen (secondary N) is 2. The van der Waals surface area contributed by atoms with Crippen LogP contribution in [0.4, 0.5) is 0 Å². The van der Waals surface area contributed by atoms with Crippen molar-refractivity contribution in [1.82, 2.24) is 15.9 Å². The highest BCUT2D eigenvalue weighted by molar-refractivity contribution is 6.16. The Morgan fingerprint density at radius 2 is 2.07 bits per heavy atom. The predicted octanol–water partition coefficient (Wildman–Crippen LogP) is 0.527. The minimum Gasteiger partial charge on any atom is -0.504 e. The number of phenols is 1. The molecule has 1 heterocycles. The van der Waals surface area contributed by atoms with E-state index >= 15 is 0 Å². The van der Waals surface area contributed by atoms with Gasteiger partial charge in [-0.3, -0.25) is 35.2 Å². The van der Waals surface area contributed by atoms with E-state index in [0.29, 0.717) is 17.9 Å². The number of benzene rings is 1. The van der Waals surface area contributed by atoms with Crippen LogP contribution in [0.3, 0.4) is 0 Å². The maximum atomic E-state index is 12.3. The van der Waals surface area contributed by atoms with E-state index in [1.54, 1.807) is 0 Å². The Morgan fingerprint density at radius 3 is 2.71 bits per heavy atom. The average Bonchev–Trinajstić information content (AvgIpc) is 3.03. The van der Waals surface area contributed by atoms with Crippen molar-refractivity contribution >= 4 is 24.0 Å². The lowest BCUT2D eigenvalue weighted by molar-refractivity contribution is -0.155. The number of carbonyl (C=O) groups is 4. The second-order valence-electron chi connectivity index (χ2n) is 6.41. The Labute approximate surface area is 161 Å². The van der Waals surface area contributed by atoms with Crippen molar-refractivity contribution in [3.05, 3.63) is 23.8 Å². The molecular formula is C18H23N3O7. The zero-order chi connectivity index (χ0) is 20.7. The molecule has 10 nitrogen and oxygen atoms in total. The fourth-order valence-corrected chi connectivity index (χ4v) is 2.83. The van der Waals surface area contributed by atoms with Gasteiger partial charge in [-0.25, -0.2) is 5.06 Å². The standard InChI is InChI=1S/C18H23N3O7/c1-2-3-4-6-11(9-21(27)10-22)17(25)19-20-18(26)16-14(24)12-7-5-8-13(23)15(12)28-16/h5,7-8,10-11,16,23,27H,2-4,6,9H2,1H3,(H,19,25)(H,20,26)/t11-,16?/m1/s1. The Bertz CT molecular complexity index is 753. The van der Waals surface area contributed by atoms with Gasteiger partial charge in [0.2, 0.25) is 24.2 Å². The molecule has 2 rings (SSSR count). The number of Topliss-reactive ketones (excluding diaryl/α,β-unsaturated/α-hetero) is 1. The van der Waals surface area contributed by atoms with Crippen molar-refractivity contribution in [2.24, 2.45) is 5.92 Å². The van der Waals surface area contributed by atoms with Crippen LogP contribution in [0.5, 0.6) is 11.5 Å². The maximum absolute atomic E-state index is 12.3. The summed E-state index contributed by atoms with van der Waals surface area (Å²) in [5.74, 6) is -3.26. The second kappa shape index (κ2) is 9.70. The SMILES string of the molecule is CCCCC[C@H](CN(O)C=O)C(=O)NNC(=O)C1Oc2c(O)cccc2C1=O. The molecule has 1 aromatic rings. The molecule has 28 heavy (non-hydrogen) atoms. The summed E-state index contributed by atoms with van der Waals surface area (Å²) < 4.78 is 5.21. The van der Waals surface area contributed by atoms with Gasteiger partial charge < -0.3 is 9.84 Å². The molecule has 152 valence electrons. The van der Waals surface area contributed by atoms with Gasteiger partial charge in [0.15, 0.2) is 11.5 Å². The van der Waals surface area contributed by atoms with E-state index in [0.717, 1.165) is 12.8 Å². The predicted molar refractivity (Wildman–Crippen MR) is 95.3 cm³/mol. The van der Waals surface area contributed by atoms with Crippen LogP contribution < -0.4 is 15.6 Å². The number of hydroxylamine groups is 2. The van der Waals surface area contributed by atoms with E-state index in [1.165, 1.54) is 18.2 Å². The number of unbranched alkanes of at least 4 members (excludes halogenated alkanes) is 2. The van der Waals surface area contributed by atoms with Gasteiger partial charge in [0.05, 0.1) is 18.0 Å². The van der Waals surface area contributed by atoms with E-state index < -0.39 is 29.6 Å². The van der Waals surface area contributed by atoms with Gasteiger partial charge in [-0.15, -0.1) is 0 Å². The summed E-state index contributed by atoms with van der Waals surface area (Å²) in [5, 5.41) is 19.4. The van der Waals surface area contributed by atoms with Crippen LogP contribution in [0.2, 0.25) is 0 Å². The number of hydrazine groups is 1. The lowest BCUT2D eigenvalue weighted by Crippen LogP contribution is -2.51. The largest absolute Gasteiger partial charge is 0.504 e. The smallest absolute Gasteiger partial charge is 0.287 e. The Morgan fingerprint density at radius 1 is 1.32 bits per heavy atom. The molecule has 0 fully saturated rings. The first kappa shape index (κ1) is 21.2. The van der Waals surface area contributed by atoms with Gasteiger partial charge in [-0.05, 0) is 18.6 Å². The van der Waals surface area contributed by atoms with Gasteiger partial charge in [0, 0.05) is 0 Å². The van der Waals surface area contributed by atoms with Crippen LogP contribution >= 0.6 is 0 Å². The summed E-state index contributed by atoms with van der Waals surface area (Å²) in [6.07, 6.45) is 1.55. The first-order valence-corrected chi connectivity index (χ1v) is 8.92. The highest BCUT2D eigenvalue weighted by Crippen LogP contribution is 2.36. The number of hydrogen-bond acceptors (Lipinski definition) is 7. The van der Waals surface area contributed by atoms with Gasteiger partial charge >= 0.3 is 0 Å². The number of ketones is 1. The quantitative estimate of drug-likeness (QED) is 0.157. The number of amides is 3. The number of rotatable bonds is 9. The van der Waals surface area contributed by atoms with E-state index in [9.17, 15) is 29.5 Å². The molecule has 0 spiro atoms. The van der Waals surface area contributed by atoms with Crippen molar-refractivity contribution in [2.45, 2.75) is 38.7 Å². The lowest BCUT2D eigenvalue weighted by atomic mass is 10.0. The number of ether oxygens (including phenoxy) is 1. The molecule has 1 aromatic carbocycles. The van der Waals surface area contributed by atoms with Crippen LogP contribution in [0, 0.1) is 5.92 Å². The minimum atomic E-state index is -1.54. The molecule has 2 atom stereocenters. The fraction of sp³-hybridized carbons (Fsp3) is 0.444. The Balaban J connectivity index is 1.94. The Hall–Kier alpha value is -3.14. The number of nitrogens with zero attached hydrogens (tertiary/aromatic N) is 1. The van der Waals surface area contributed by atoms with Crippen LogP contribution in [0.1, 0.15) is 43.0 Å². The zero-order valence-electron chi connectivity index (χ0n) is 15.4. The number of fused-ring (bicyclic) bond motifs is 1. The van der Waals surface area contributed by atoms with E-state index in [2.05, 4.69) is 10.9 Å². The van der Waals surface area contributed by atoms with Crippen molar-refractivity contribution < 1.29 is 34.2 Å². The highest BCUT2D eigenvalue weighted by Gasteiger charge is 2.39. The molecule has 1 aliphatic heterocycles. The van der Waals surface area contributed by atoms with E-state index in [-0.39, 0.29) is 30.0 Å². The van der Waals surface area contributed by atoms with Crippen LogP contribution in [-0.4, -0.2) is 52.0 Å². The first-order chi connectivity index (χ1) is 13.4. The number of carbonyl (C=O) groups excluding carboxylic acids is 4. The molecule has 0 aromatic heterocycles. The third-order valence-corrected chi connectivity index (χ3v) is 4.34. The molecule has 3 amide bonds. The minimum absolute atomic E-state index is 0.0748. The monoisotopic (exact) mass is 393 g/mol. The highest BCUT2D eigenvalue weighted by atomic mass is 16.5. The van der Waals surface area contributed by atoms with Gasteiger partial charge in [-0.1, -0.05) is 32.3 Å². The molecule has 1 unspecified atom stereocenters. The van der Waals surface area contributed by atoms with E-state index in [4.69, 9.17) is 4.74 Å². The normalized spacial score (nSPS) is 15.9. The van der Waals surface area contributed by atoms with Gasteiger partial charge in [0.25, 0.3) is 5.91 Å². The third-order valence-electron chi connectivity index (χ3n) is 4.34. The third kappa shape index (κ3) is 4.97. The van der Waals surface area contributed by atoms with Crippen LogP contribution in [0.25, 0.3) is 0 Å². The molecule has 0 radical (unpaired) electrons. The summed E-state index contributed by atoms with van der Waals surface area (Å²) in [5.41, 5.74) is 4.38. The molecule has 4 N–H and O–H groups in total. The number of para-hydroxylation sites is 1. The van der Waals surface area contributed by atoms with Gasteiger partial charge in [-0.2, -0.15) is 0 Å². The van der Waals surface area contributed by atoms with Crippen molar-refractivity contribution in [3.63, 3.8) is 0 Å². The molecule has 1 aliphatic rings. The van der Waals surface area contributed by atoms with Crippen molar-refractivity contribution in [1.29, 1.82) is 0 Å². The summed E-state index contributed by atoms with van der Waals surface area (Å²) in [4.78, 5) is 47.4.